The minimum atomic E-state index is -0.0550. The van der Waals surface area contributed by atoms with E-state index in [1.165, 1.54) is 77.0 Å². The summed E-state index contributed by atoms with van der Waals surface area (Å²) in [5, 5.41) is 21.5. The predicted molar refractivity (Wildman–Crippen MR) is 128 cm³/mol. The summed E-state index contributed by atoms with van der Waals surface area (Å²) in [7, 11) is 0. The number of rotatable bonds is 4. The molecule has 5 aliphatic carbocycles. The number of aliphatic hydroxyl groups excluding tert-OH is 2. The predicted octanol–water partition coefficient (Wildman–Crippen LogP) is 6.97. The minimum Gasteiger partial charge on any atom is -0.393 e. The average Bonchev–Trinajstić information content (AvgIpc) is 3.11. The highest BCUT2D eigenvalue weighted by atomic mass is 16.3. The summed E-state index contributed by atoms with van der Waals surface area (Å²) in [6.45, 7) is 4.63. The molecule has 0 aromatic carbocycles. The molecule has 10 unspecified atom stereocenters. The summed E-state index contributed by atoms with van der Waals surface area (Å²) in [6, 6.07) is 0. The first-order chi connectivity index (χ1) is 15.1. The van der Waals surface area contributed by atoms with Crippen LogP contribution in [0.3, 0.4) is 0 Å². The molecule has 5 rings (SSSR count). The lowest BCUT2D eigenvalue weighted by molar-refractivity contribution is -0.114. The highest BCUT2D eigenvalue weighted by molar-refractivity contribution is 5.14. The Bertz CT molecular complexity index is 550. The highest BCUT2D eigenvalue weighted by Gasteiger charge is 2.65. The number of hydrogen-bond donors (Lipinski definition) is 2. The van der Waals surface area contributed by atoms with E-state index in [9.17, 15) is 10.2 Å². The lowest BCUT2D eigenvalue weighted by Crippen LogP contribution is -2.52. The van der Waals surface area contributed by atoms with E-state index in [0.717, 1.165) is 61.2 Å². The number of aliphatic hydroxyl groups is 2. The topological polar surface area (TPSA) is 40.5 Å². The molecular weight excluding hydrogens is 380 g/mol. The summed E-state index contributed by atoms with van der Waals surface area (Å²) < 4.78 is 0. The third-order valence-corrected chi connectivity index (χ3v) is 11.8. The van der Waals surface area contributed by atoms with Crippen molar-refractivity contribution < 1.29 is 10.2 Å². The van der Waals surface area contributed by atoms with E-state index in [4.69, 9.17) is 0 Å². The highest BCUT2D eigenvalue weighted by Crippen LogP contribution is 2.72. The maximum absolute atomic E-state index is 10.8. The third-order valence-electron chi connectivity index (χ3n) is 11.8. The van der Waals surface area contributed by atoms with Crippen molar-refractivity contribution in [3.8, 4) is 0 Å². The van der Waals surface area contributed by atoms with Crippen molar-refractivity contribution in [2.75, 3.05) is 0 Å². The van der Waals surface area contributed by atoms with E-state index in [1.807, 2.05) is 0 Å². The molecule has 178 valence electrons. The van der Waals surface area contributed by atoms with Crippen molar-refractivity contribution >= 4 is 0 Å². The van der Waals surface area contributed by atoms with Crippen molar-refractivity contribution in [2.45, 2.75) is 129 Å². The fourth-order valence-electron chi connectivity index (χ4n) is 10.7. The molecule has 2 N–H and O–H groups in total. The van der Waals surface area contributed by atoms with Gasteiger partial charge >= 0.3 is 0 Å². The molecule has 0 amide bonds. The zero-order valence-corrected chi connectivity index (χ0v) is 20.5. The smallest absolute Gasteiger partial charge is 0.0568 e. The van der Waals surface area contributed by atoms with Crippen LogP contribution in [0.25, 0.3) is 0 Å². The summed E-state index contributed by atoms with van der Waals surface area (Å²) in [5.41, 5.74) is 0.525. The first-order valence-corrected chi connectivity index (χ1v) is 14.5. The van der Waals surface area contributed by atoms with Gasteiger partial charge in [0.15, 0.2) is 0 Å². The summed E-state index contributed by atoms with van der Waals surface area (Å²) in [6.07, 6.45) is 21.3. The average molecular weight is 431 g/mol. The van der Waals surface area contributed by atoms with Crippen molar-refractivity contribution in [1.29, 1.82) is 0 Å². The van der Waals surface area contributed by atoms with E-state index in [2.05, 4.69) is 13.8 Å². The third kappa shape index (κ3) is 3.65. The monoisotopic (exact) mass is 430 g/mol. The molecule has 10 atom stereocenters. The van der Waals surface area contributed by atoms with Crippen LogP contribution in [0.2, 0.25) is 0 Å². The first kappa shape index (κ1) is 22.7. The normalized spacial score (nSPS) is 53.0. The van der Waals surface area contributed by atoms with Crippen molar-refractivity contribution in [1.82, 2.24) is 0 Å². The van der Waals surface area contributed by atoms with Crippen LogP contribution in [0, 0.1) is 52.8 Å². The molecule has 0 saturated heterocycles. The van der Waals surface area contributed by atoms with Crippen molar-refractivity contribution in [3.05, 3.63) is 0 Å². The maximum atomic E-state index is 10.8. The molecule has 0 heterocycles. The summed E-state index contributed by atoms with van der Waals surface area (Å²) in [5.74, 6) is 6.60. The Kier molecular flexibility index (Phi) is 6.80. The zero-order chi connectivity index (χ0) is 21.6. The van der Waals surface area contributed by atoms with Crippen LogP contribution in [0.4, 0.5) is 0 Å². The van der Waals surface area contributed by atoms with Gasteiger partial charge in [-0.2, -0.15) is 0 Å². The molecule has 2 nitrogen and oxygen atoms in total. The van der Waals surface area contributed by atoms with E-state index >= 15 is 0 Å². The van der Waals surface area contributed by atoms with Crippen LogP contribution in [0.1, 0.15) is 117 Å². The molecule has 5 aliphatic rings. The van der Waals surface area contributed by atoms with Gasteiger partial charge in [0.2, 0.25) is 0 Å². The van der Waals surface area contributed by atoms with Gasteiger partial charge in [-0.25, -0.2) is 0 Å². The van der Waals surface area contributed by atoms with E-state index in [-0.39, 0.29) is 12.2 Å². The fraction of sp³-hybridized carbons (Fsp3) is 1.00. The fourth-order valence-corrected chi connectivity index (χ4v) is 10.7. The minimum absolute atomic E-state index is 0.0550. The van der Waals surface area contributed by atoms with Crippen molar-refractivity contribution in [3.63, 3.8) is 0 Å². The Morgan fingerprint density at radius 3 is 1.42 bits per heavy atom. The van der Waals surface area contributed by atoms with Gasteiger partial charge in [0.05, 0.1) is 12.2 Å². The molecule has 5 fully saturated rings. The van der Waals surface area contributed by atoms with Gasteiger partial charge in [-0.15, -0.1) is 0 Å². The molecule has 0 aromatic rings. The Morgan fingerprint density at radius 2 is 1.00 bits per heavy atom. The van der Waals surface area contributed by atoms with E-state index < -0.39 is 0 Å². The Morgan fingerprint density at radius 1 is 0.581 bits per heavy atom. The Balaban J connectivity index is 1.57. The van der Waals surface area contributed by atoms with Gasteiger partial charge in [0.25, 0.3) is 0 Å². The first-order valence-electron chi connectivity index (χ1n) is 14.5. The van der Waals surface area contributed by atoms with Crippen LogP contribution < -0.4 is 0 Å². The van der Waals surface area contributed by atoms with Gasteiger partial charge < -0.3 is 10.2 Å². The van der Waals surface area contributed by atoms with Crippen LogP contribution in [-0.2, 0) is 0 Å². The van der Waals surface area contributed by atoms with Gasteiger partial charge in [0, 0.05) is 0 Å². The number of fused-ring (bicyclic) bond motifs is 3. The molecule has 0 spiro atoms. The standard InChI is InChI=1S/C29H50O2/c1-3-19-17-21(13-15-27(19)30)29(22-14-16-28(31)20(4-2)18-22)25-11-7-5-9-23(25)24-10-6-8-12-26(24)29/h19-28,30-31H,3-18H2,1-2H3. The molecule has 31 heavy (non-hydrogen) atoms. The van der Waals surface area contributed by atoms with E-state index in [1.54, 1.807) is 0 Å². The largest absolute Gasteiger partial charge is 0.393 e. The van der Waals surface area contributed by atoms with E-state index in [0.29, 0.717) is 17.3 Å². The van der Waals surface area contributed by atoms with Crippen LogP contribution >= 0.6 is 0 Å². The van der Waals surface area contributed by atoms with Gasteiger partial charge in [-0.05, 0) is 117 Å². The van der Waals surface area contributed by atoms with Gasteiger partial charge in [-0.3, -0.25) is 0 Å². The second kappa shape index (κ2) is 9.28. The van der Waals surface area contributed by atoms with Crippen LogP contribution in [0.15, 0.2) is 0 Å². The molecule has 5 saturated carbocycles. The SMILES string of the molecule is CCC1CC(C2(C3CCC(O)C(CC)C3)C3CCCCC3C3CCCCC32)CCC1O. The Hall–Kier alpha value is -0.0800. The lowest BCUT2D eigenvalue weighted by atomic mass is 9.47. The number of hydrogen-bond acceptors (Lipinski definition) is 2. The molecular formula is C29H50O2. The summed E-state index contributed by atoms with van der Waals surface area (Å²) in [4.78, 5) is 0. The molecule has 0 aliphatic heterocycles. The van der Waals surface area contributed by atoms with Gasteiger partial charge in [0.1, 0.15) is 0 Å². The second-order valence-corrected chi connectivity index (χ2v) is 12.6. The molecule has 0 bridgehead atoms. The van der Waals surface area contributed by atoms with Crippen molar-refractivity contribution in [2.24, 2.45) is 52.8 Å². The zero-order valence-electron chi connectivity index (χ0n) is 20.5. The summed E-state index contributed by atoms with van der Waals surface area (Å²) >= 11 is 0. The molecule has 2 heteroatoms. The quantitative estimate of drug-likeness (QED) is 0.505. The molecule has 0 aromatic heterocycles. The van der Waals surface area contributed by atoms with Crippen LogP contribution in [-0.4, -0.2) is 22.4 Å². The lowest BCUT2D eigenvalue weighted by Gasteiger charge is -2.58. The Labute approximate surface area is 192 Å². The maximum Gasteiger partial charge on any atom is 0.0568 e. The van der Waals surface area contributed by atoms with Gasteiger partial charge in [-0.1, -0.05) is 52.4 Å². The second-order valence-electron chi connectivity index (χ2n) is 12.6. The molecule has 0 radical (unpaired) electrons. The van der Waals surface area contributed by atoms with Crippen LogP contribution in [0.5, 0.6) is 0 Å².